The molecule has 2 N–H and O–H groups in total. The van der Waals surface area contributed by atoms with Crippen molar-refractivity contribution in [2.75, 3.05) is 59.5 Å². The number of aliphatic hydroxyl groups is 1. The monoisotopic (exact) mass is 498 g/mol. The molecule has 1 atom stereocenters. The minimum absolute atomic E-state index is 0.0647. The maximum Gasteiger partial charge on any atom is 0.156 e. The Morgan fingerprint density at radius 2 is 1.92 bits per heavy atom. The van der Waals surface area contributed by atoms with E-state index in [-0.39, 0.29) is 12.7 Å². The summed E-state index contributed by atoms with van der Waals surface area (Å²) in [6.07, 6.45) is 7.76. The van der Waals surface area contributed by atoms with E-state index in [1.54, 1.807) is 21.3 Å². The summed E-state index contributed by atoms with van der Waals surface area (Å²) >= 11 is 0. The van der Waals surface area contributed by atoms with Crippen LogP contribution < -0.4 is 10.1 Å². The van der Waals surface area contributed by atoms with E-state index in [4.69, 9.17) is 24.1 Å². The Bertz CT molecular complexity index is 1070. The molecule has 2 heterocycles. The van der Waals surface area contributed by atoms with Gasteiger partial charge in [-0.1, -0.05) is 6.08 Å². The number of benzene rings is 1. The Kier molecular flexibility index (Phi) is 9.52. The van der Waals surface area contributed by atoms with E-state index in [2.05, 4.69) is 32.6 Å². The van der Waals surface area contributed by atoms with Crippen molar-refractivity contribution in [2.45, 2.75) is 44.4 Å². The molecule has 1 saturated heterocycles. The molecule has 4 rings (SSSR count). The standard InChI is InChI=1S/C27H38N4O5/c1-33-18-24-22-7-6-21(34-2)16-23(22)27(30-29-24)28-20-9-11-31(12-10-20)17-19-5-8-25(26(15-19)35-3)36-14-4-13-32/h5-7,15-16,20,25,32H,4,8-14,17-18H2,1-3H3,(H,28,30). The molecule has 36 heavy (non-hydrogen) atoms. The van der Waals surface area contributed by atoms with Crippen molar-refractivity contribution in [2.24, 2.45) is 0 Å². The predicted molar refractivity (Wildman–Crippen MR) is 139 cm³/mol. The first-order chi connectivity index (χ1) is 17.6. The van der Waals surface area contributed by atoms with Crippen LogP contribution in [0.1, 0.15) is 31.4 Å². The van der Waals surface area contributed by atoms with E-state index in [9.17, 15) is 0 Å². The van der Waals surface area contributed by atoms with Gasteiger partial charge in [-0.15, -0.1) is 5.10 Å². The summed E-state index contributed by atoms with van der Waals surface area (Å²) in [5, 5.41) is 23.5. The van der Waals surface area contributed by atoms with Gasteiger partial charge in [-0.3, -0.25) is 4.90 Å². The molecule has 1 aliphatic heterocycles. The van der Waals surface area contributed by atoms with Crippen molar-refractivity contribution in [1.29, 1.82) is 0 Å². The molecule has 1 fully saturated rings. The second-order valence-corrected chi connectivity index (χ2v) is 9.24. The molecule has 1 aromatic heterocycles. The average Bonchev–Trinajstić information content (AvgIpc) is 2.91. The van der Waals surface area contributed by atoms with Gasteiger partial charge in [0.2, 0.25) is 0 Å². The minimum Gasteiger partial charge on any atom is -0.498 e. The molecular weight excluding hydrogens is 460 g/mol. The summed E-state index contributed by atoms with van der Waals surface area (Å²) in [4.78, 5) is 2.48. The first-order valence-corrected chi connectivity index (χ1v) is 12.6. The van der Waals surface area contributed by atoms with Gasteiger partial charge in [0.1, 0.15) is 17.6 Å². The van der Waals surface area contributed by atoms with Crippen LogP contribution in [0.3, 0.4) is 0 Å². The Morgan fingerprint density at radius 3 is 2.64 bits per heavy atom. The van der Waals surface area contributed by atoms with Gasteiger partial charge < -0.3 is 29.4 Å². The second-order valence-electron chi connectivity index (χ2n) is 9.24. The number of aromatic nitrogens is 2. The summed E-state index contributed by atoms with van der Waals surface area (Å²) in [5.74, 6) is 2.44. The molecule has 0 radical (unpaired) electrons. The van der Waals surface area contributed by atoms with E-state index in [0.717, 1.165) is 72.7 Å². The molecule has 0 spiro atoms. The smallest absolute Gasteiger partial charge is 0.156 e. The number of hydrogen-bond acceptors (Lipinski definition) is 9. The second kappa shape index (κ2) is 13.0. The maximum atomic E-state index is 8.98. The van der Waals surface area contributed by atoms with Gasteiger partial charge in [0.05, 0.1) is 26.5 Å². The molecule has 9 heteroatoms. The Balaban J connectivity index is 1.34. The first kappa shape index (κ1) is 26.3. The molecule has 9 nitrogen and oxygen atoms in total. The number of likely N-dealkylation sites (tertiary alicyclic amines) is 1. The van der Waals surface area contributed by atoms with Crippen LogP contribution in [-0.2, 0) is 20.8 Å². The SMILES string of the molecule is COCc1nnc(NC2CCN(CC3=CCC(OCCCO)C(OC)=C3)CC2)c2cc(OC)ccc12. The molecule has 1 aromatic carbocycles. The largest absolute Gasteiger partial charge is 0.498 e. The van der Waals surface area contributed by atoms with E-state index in [1.807, 2.05) is 18.2 Å². The molecule has 0 bridgehead atoms. The summed E-state index contributed by atoms with van der Waals surface area (Å²) in [5.41, 5.74) is 2.08. The van der Waals surface area contributed by atoms with Gasteiger partial charge in [0.15, 0.2) is 5.82 Å². The number of nitrogens with zero attached hydrogens (tertiary/aromatic N) is 3. The van der Waals surface area contributed by atoms with Crippen molar-refractivity contribution in [3.63, 3.8) is 0 Å². The number of piperidine rings is 1. The molecular formula is C27H38N4O5. The van der Waals surface area contributed by atoms with Crippen LogP contribution in [0.2, 0.25) is 0 Å². The van der Waals surface area contributed by atoms with Gasteiger partial charge >= 0.3 is 0 Å². The quantitative estimate of drug-likeness (QED) is 0.427. The highest BCUT2D eigenvalue weighted by Gasteiger charge is 2.24. The minimum atomic E-state index is -0.0647. The third kappa shape index (κ3) is 6.53. The van der Waals surface area contributed by atoms with Crippen LogP contribution in [0.25, 0.3) is 10.8 Å². The van der Waals surface area contributed by atoms with Crippen molar-refractivity contribution in [3.8, 4) is 5.75 Å². The molecule has 2 aliphatic rings. The van der Waals surface area contributed by atoms with Crippen LogP contribution in [-0.4, -0.2) is 86.5 Å². The van der Waals surface area contributed by atoms with Gasteiger partial charge in [0, 0.05) is 56.8 Å². The van der Waals surface area contributed by atoms with Crippen LogP contribution in [0.15, 0.2) is 41.7 Å². The lowest BCUT2D eigenvalue weighted by Gasteiger charge is -2.33. The van der Waals surface area contributed by atoms with Crippen LogP contribution in [0.4, 0.5) is 5.82 Å². The normalized spacial score (nSPS) is 19.2. The number of ether oxygens (including phenoxy) is 4. The fraction of sp³-hybridized carbons (Fsp3) is 0.556. The lowest BCUT2D eigenvalue weighted by Crippen LogP contribution is -2.40. The number of rotatable bonds is 12. The Hall–Kier alpha value is -2.72. The number of fused-ring (bicyclic) bond motifs is 1. The first-order valence-electron chi connectivity index (χ1n) is 12.6. The number of hydrogen-bond donors (Lipinski definition) is 2. The van der Waals surface area contributed by atoms with Crippen molar-refractivity contribution >= 4 is 16.6 Å². The highest BCUT2D eigenvalue weighted by atomic mass is 16.5. The number of anilines is 1. The zero-order chi connectivity index (χ0) is 25.3. The van der Waals surface area contributed by atoms with Crippen LogP contribution in [0, 0.1) is 0 Å². The molecule has 0 amide bonds. The molecule has 0 saturated carbocycles. The average molecular weight is 499 g/mol. The van der Waals surface area contributed by atoms with E-state index in [0.29, 0.717) is 25.7 Å². The summed E-state index contributed by atoms with van der Waals surface area (Å²) < 4.78 is 22.2. The highest BCUT2D eigenvalue weighted by Crippen LogP contribution is 2.29. The van der Waals surface area contributed by atoms with Crippen molar-refractivity contribution in [3.05, 3.63) is 47.4 Å². The fourth-order valence-corrected chi connectivity index (χ4v) is 4.80. The third-order valence-corrected chi connectivity index (χ3v) is 6.78. The topological polar surface area (TPSA) is 98.2 Å². The van der Waals surface area contributed by atoms with Crippen LogP contribution >= 0.6 is 0 Å². The molecule has 1 aliphatic carbocycles. The van der Waals surface area contributed by atoms with Crippen molar-refractivity contribution in [1.82, 2.24) is 15.1 Å². The molecule has 1 unspecified atom stereocenters. The Labute approximate surface area is 213 Å². The van der Waals surface area contributed by atoms with Gasteiger partial charge in [-0.05, 0) is 55.5 Å². The number of aliphatic hydroxyl groups excluding tert-OH is 1. The molecule has 2 aromatic rings. The van der Waals surface area contributed by atoms with Crippen molar-refractivity contribution < 1.29 is 24.1 Å². The van der Waals surface area contributed by atoms with Gasteiger partial charge in [0.25, 0.3) is 0 Å². The third-order valence-electron chi connectivity index (χ3n) is 6.78. The van der Waals surface area contributed by atoms with E-state index < -0.39 is 0 Å². The van der Waals surface area contributed by atoms with Crippen LogP contribution in [0.5, 0.6) is 5.75 Å². The Morgan fingerprint density at radius 1 is 1.08 bits per heavy atom. The number of nitrogens with one attached hydrogen (secondary N) is 1. The lowest BCUT2D eigenvalue weighted by molar-refractivity contribution is 0.0324. The lowest BCUT2D eigenvalue weighted by atomic mass is 10.00. The van der Waals surface area contributed by atoms with Gasteiger partial charge in [-0.25, -0.2) is 0 Å². The summed E-state index contributed by atoms with van der Waals surface area (Å²) in [7, 11) is 5.03. The number of methoxy groups -OCH3 is 3. The zero-order valence-electron chi connectivity index (χ0n) is 21.5. The van der Waals surface area contributed by atoms with Gasteiger partial charge in [-0.2, -0.15) is 5.10 Å². The van der Waals surface area contributed by atoms with E-state index >= 15 is 0 Å². The molecule has 196 valence electrons. The predicted octanol–water partition coefficient (Wildman–Crippen LogP) is 3.29. The summed E-state index contributed by atoms with van der Waals surface area (Å²) in [6.45, 7) is 3.98. The summed E-state index contributed by atoms with van der Waals surface area (Å²) in [6, 6.07) is 6.30. The fourth-order valence-electron chi connectivity index (χ4n) is 4.80. The maximum absolute atomic E-state index is 8.98. The zero-order valence-corrected chi connectivity index (χ0v) is 21.5. The highest BCUT2D eigenvalue weighted by molar-refractivity contribution is 5.94. The van der Waals surface area contributed by atoms with E-state index in [1.165, 1.54) is 5.57 Å².